The maximum absolute atomic E-state index is 11.8. The maximum Gasteiger partial charge on any atom is 0.153 e. The molecule has 0 saturated carbocycles. The van der Waals surface area contributed by atoms with Crippen molar-refractivity contribution in [3.8, 4) is 0 Å². The molecule has 0 fully saturated rings. The summed E-state index contributed by atoms with van der Waals surface area (Å²) >= 11 is 2.60. The van der Waals surface area contributed by atoms with Gasteiger partial charge >= 0.3 is 0 Å². The first-order valence-corrected chi connectivity index (χ1v) is 9.37. The van der Waals surface area contributed by atoms with E-state index in [-0.39, 0.29) is 0 Å². The molecule has 0 amide bonds. The van der Waals surface area contributed by atoms with Crippen molar-refractivity contribution in [3.05, 3.63) is 65.1 Å². The van der Waals surface area contributed by atoms with Crippen LogP contribution in [0.4, 0.5) is 0 Å². The molecule has 3 heteroatoms. The largest absolute Gasteiger partial charge is 0.612 e. The van der Waals surface area contributed by atoms with Crippen LogP contribution in [0.3, 0.4) is 0 Å². The van der Waals surface area contributed by atoms with Gasteiger partial charge < -0.3 is 4.55 Å². The van der Waals surface area contributed by atoms with Gasteiger partial charge in [-0.1, -0.05) is 46.3 Å². The number of benzene rings is 4. The van der Waals surface area contributed by atoms with Gasteiger partial charge in [0.1, 0.15) is 6.26 Å². The molecule has 4 rings (SSSR count). The van der Waals surface area contributed by atoms with E-state index in [0.717, 1.165) is 14.8 Å². The fourth-order valence-electron chi connectivity index (χ4n) is 3.09. The van der Waals surface area contributed by atoms with Crippen LogP contribution < -0.4 is 0 Å². The molecule has 108 valence electrons. The van der Waals surface area contributed by atoms with E-state index in [1.54, 1.807) is 6.26 Å². The minimum Gasteiger partial charge on any atom is -0.612 e. The predicted octanol–water partition coefficient (Wildman–Crippen LogP) is 5.65. The highest BCUT2D eigenvalue weighted by molar-refractivity contribution is 9.10. The van der Waals surface area contributed by atoms with Crippen LogP contribution in [-0.4, -0.2) is 10.8 Å². The van der Waals surface area contributed by atoms with Gasteiger partial charge in [-0.3, -0.25) is 0 Å². The fraction of sp³-hybridized carbons (Fsp3) is 0.0526. The smallest absolute Gasteiger partial charge is 0.153 e. The van der Waals surface area contributed by atoms with Gasteiger partial charge in [0, 0.05) is 10.5 Å². The number of hydrogen-bond donors (Lipinski definition) is 0. The van der Waals surface area contributed by atoms with Crippen LogP contribution >= 0.6 is 15.9 Å². The van der Waals surface area contributed by atoms with Gasteiger partial charge in [-0.2, -0.15) is 0 Å². The van der Waals surface area contributed by atoms with E-state index in [2.05, 4.69) is 70.5 Å². The van der Waals surface area contributed by atoms with E-state index >= 15 is 0 Å². The molecular formula is C19H13BrOS. The fourth-order valence-corrected chi connectivity index (χ4v) is 3.99. The molecule has 0 spiro atoms. The molecule has 4 aromatic carbocycles. The number of halogens is 1. The third kappa shape index (κ3) is 2.12. The highest BCUT2D eigenvalue weighted by Crippen LogP contribution is 2.37. The average molecular weight is 369 g/mol. The lowest BCUT2D eigenvalue weighted by Crippen LogP contribution is -1.96. The van der Waals surface area contributed by atoms with Gasteiger partial charge in [-0.15, -0.1) is 0 Å². The zero-order valence-corrected chi connectivity index (χ0v) is 14.4. The molecule has 4 aromatic rings. The zero-order chi connectivity index (χ0) is 15.3. The molecule has 1 unspecified atom stereocenters. The molecular weight excluding hydrogens is 356 g/mol. The first-order valence-electron chi connectivity index (χ1n) is 7.02. The maximum atomic E-state index is 11.8. The standard InChI is InChI=1S/C19H13BrOS/c1-22(21)13-7-9-17-16-8-6-12(20)10-18(16)14-4-2-3-5-15(14)19(17)11-13/h2-11H,1H3. The van der Waals surface area contributed by atoms with Crippen molar-refractivity contribution in [2.24, 2.45) is 0 Å². The quantitative estimate of drug-likeness (QED) is 0.314. The lowest BCUT2D eigenvalue weighted by Gasteiger charge is -2.12. The topological polar surface area (TPSA) is 23.1 Å². The molecule has 1 nitrogen and oxygen atoms in total. The summed E-state index contributed by atoms with van der Waals surface area (Å²) < 4.78 is 12.9. The molecule has 0 radical (unpaired) electrons. The summed E-state index contributed by atoms with van der Waals surface area (Å²) in [7, 11) is 0. The van der Waals surface area contributed by atoms with Crippen molar-refractivity contribution in [1.29, 1.82) is 0 Å². The molecule has 1 atom stereocenters. The second-order valence-corrected chi connectivity index (χ2v) is 7.69. The Hall–Kier alpha value is -1.55. The minimum absolute atomic E-state index is 0.870. The summed E-state index contributed by atoms with van der Waals surface area (Å²) in [5.74, 6) is 0. The van der Waals surface area contributed by atoms with E-state index in [1.807, 2.05) is 6.07 Å². The van der Waals surface area contributed by atoms with Crippen molar-refractivity contribution in [2.75, 3.05) is 6.26 Å². The highest BCUT2D eigenvalue weighted by atomic mass is 79.9. The van der Waals surface area contributed by atoms with Crippen LogP contribution in [0.1, 0.15) is 0 Å². The second kappa shape index (κ2) is 5.27. The van der Waals surface area contributed by atoms with Gasteiger partial charge in [0.25, 0.3) is 0 Å². The Kier molecular flexibility index (Phi) is 3.37. The third-order valence-corrected chi connectivity index (χ3v) is 5.51. The van der Waals surface area contributed by atoms with Crippen molar-refractivity contribution in [1.82, 2.24) is 0 Å². The molecule has 0 N–H and O–H groups in total. The van der Waals surface area contributed by atoms with E-state index in [1.165, 1.54) is 26.9 Å². The van der Waals surface area contributed by atoms with Crippen molar-refractivity contribution in [3.63, 3.8) is 0 Å². The zero-order valence-electron chi connectivity index (χ0n) is 12.0. The average Bonchev–Trinajstić information content (AvgIpc) is 2.54. The summed E-state index contributed by atoms with van der Waals surface area (Å²) in [6.45, 7) is 0. The molecule has 22 heavy (non-hydrogen) atoms. The van der Waals surface area contributed by atoms with Gasteiger partial charge in [0.05, 0.1) is 0 Å². The van der Waals surface area contributed by atoms with Gasteiger partial charge in [-0.25, -0.2) is 0 Å². The Morgan fingerprint density at radius 3 is 1.91 bits per heavy atom. The monoisotopic (exact) mass is 368 g/mol. The Balaban J connectivity index is 2.29. The Bertz CT molecular complexity index is 1000. The molecule has 0 aliphatic heterocycles. The normalized spacial score (nSPS) is 13.0. The summed E-state index contributed by atoms with van der Waals surface area (Å²) in [4.78, 5) is 0.870. The van der Waals surface area contributed by atoms with E-state index in [4.69, 9.17) is 0 Å². The third-order valence-electron chi connectivity index (χ3n) is 4.10. The molecule has 0 heterocycles. The molecule has 0 aromatic heterocycles. The first kappa shape index (κ1) is 14.1. The number of rotatable bonds is 1. The molecule has 0 saturated heterocycles. The van der Waals surface area contributed by atoms with Gasteiger partial charge in [0.2, 0.25) is 0 Å². The van der Waals surface area contributed by atoms with Crippen molar-refractivity contribution in [2.45, 2.75) is 4.90 Å². The molecule has 0 aliphatic carbocycles. The van der Waals surface area contributed by atoms with E-state index in [9.17, 15) is 4.55 Å². The molecule has 0 aliphatic rings. The lowest BCUT2D eigenvalue weighted by molar-refractivity contribution is 0.601. The summed E-state index contributed by atoms with van der Waals surface area (Å²) in [6, 6.07) is 20.9. The summed E-state index contributed by atoms with van der Waals surface area (Å²) in [5, 5.41) is 7.27. The van der Waals surface area contributed by atoms with Crippen LogP contribution in [0.15, 0.2) is 70.0 Å². The minimum atomic E-state index is -0.973. The van der Waals surface area contributed by atoms with Crippen LogP contribution in [0.5, 0.6) is 0 Å². The Morgan fingerprint density at radius 2 is 1.27 bits per heavy atom. The number of fused-ring (bicyclic) bond motifs is 6. The summed E-state index contributed by atoms with van der Waals surface area (Å²) in [5.41, 5.74) is 0. The highest BCUT2D eigenvalue weighted by Gasteiger charge is 2.12. The Labute approximate surface area is 140 Å². The lowest BCUT2D eigenvalue weighted by atomic mass is 9.94. The van der Waals surface area contributed by atoms with Crippen LogP contribution in [0.25, 0.3) is 32.3 Å². The van der Waals surface area contributed by atoms with Crippen molar-refractivity contribution < 1.29 is 4.55 Å². The SMILES string of the molecule is C[S+]([O-])c1ccc2c3ccc(Br)cc3c3ccccc3c2c1. The van der Waals surface area contributed by atoms with Gasteiger partial charge in [-0.05, 0) is 67.8 Å². The van der Waals surface area contributed by atoms with Crippen LogP contribution in [-0.2, 0) is 11.2 Å². The van der Waals surface area contributed by atoms with Crippen LogP contribution in [0.2, 0.25) is 0 Å². The van der Waals surface area contributed by atoms with E-state index in [0.29, 0.717) is 0 Å². The predicted molar refractivity (Wildman–Crippen MR) is 99.0 cm³/mol. The van der Waals surface area contributed by atoms with Crippen LogP contribution in [0, 0.1) is 0 Å². The number of hydrogen-bond acceptors (Lipinski definition) is 1. The second-order valence-electron chi connectivity index (χ2n) is 5.40. The van der Waals surface area contributed by atoms with Gasteiger partial charge in [0.15, 0.2) is 4.90 Å². The summed E-state index contributed by atoms with van der Waals surface area (Å²) in [6.07, 6.45) is 1.72. The molecule has 0 bridgehead atoms. The van der Waals surface area contributed by atoms with E-state index < -0.39 is 11.2 Å². The van der Waals surface area contributed by atoms with Crippen molar-refractivity contribution >= 4 is 59.4 Å². The Morgan fingerprint density at radius 1 is 0.727 bits per heavy atom. The first-order chi connectivity index (χ1) is 10.6.